The predicted molar refractivity (Wildman–Crippen MR) is 82.2 cm³/mol. The van der Waals surface area contributed by atoms with Crippen LogP contribution in [0.15, 0.2) is 24.3 Å². The highest BCUT2D eigenvalue weighted by atomic mass is 32.1. The minimum Gasteiger partial charge on any atom is -0.454 e. The van der Waals surface area contributed by atoms with Gasteiger partial charge in [0.1, 0.15) is 0 Å². The van der Waals surface area contributed by atoms with Crippen LogP contribution in [0, 0.1) is 6.92 Å². The molecule has 0 radical (unpaired) electrons. The van der Waals surface area contributed by atoms with Gasteiger partial charge in [-0.25, -0.2) is 0 Å². The maximum absolute atomic E-state index is 12.2. The number of fused-ring (bicyclic) bond motifs is 1. The fourth-order valence-electron chi connectivity index (χ4n) is 2.30. The van der Waals surface area contributed by atoms with Crippen LogP contribution in [0.3, 0.4) is 0 Å². The molecule has 110 valence electrons. The molecule has 0 atom stereocenters. The van der Waals surface area contributed by atoms with Gasteiger partial charge in [0, 0.05) is 11.4 Å². The van der Waals surface area contributed by atoms with Gasteiger partial charge in [0.15, 0.2) is 11.5 Å². The van der Waals surface area contributed by atoms with Crippen LogP contribution >= 0.6 is 11.3 Å². The van der Waals surface area contributed by atoms with Gasteiger partial charge >= 0.3 is 0 Å². The molecule has 1 N–H and O–H groups in total. The lowest BCUT2D eigenvalue weighted by Crippen LogP contribution is -2.21. The van der Waals surface area contributed by atoms with Gasteiger partial charge in [0.05, 0.1) is 4.88 Å². The highest BCUT2D eigenvalue weighted by Crippen LogP contribution is 2.32. The van der Waals surface area contributed by atoms with Gasteiger partial charge in [0.25, 0.3) is 5.91 Å². The monoisotopic (exact) mass is 303 g/mol. The van der Waals surface area contributed by atoms with Gasteiger partial charge in [-0.3, -0.25) is 4.79 Å². The van der Waals surface area contributed by atoms with E-state index in [9.17, 15) is 4.79 Å². The minimum absolute atomic E-state index is 0.0273. The zero-order valence-corrected chi connectivity index (χ0v) is 12.9. The summed E-state index contributed by atoms with van der Waals surface area (Å²) in [6.07, 6.45) is 0.956. The smallest absolute Gasteiger partial charge is 0.261 e. The molecule has 1 aromatic carbocycles. The summed E-state index contributed by atoms with van der Waals surface area (Å²) < 4.78 is 10.6. The van der Waals surface area contributed by atoms with Gasteiger partial charge in [-0.1, -0.05) is 13.0 Å². The Morgan fingerprint density at radius 1 is 1.29 bits per heavy atom. The molecule has 0 bridgehead atoms. The number of ether oxygens (including phenoxy) is 2. The Kier molecular flexibility index (Phi) is 3.84. The normalized spacial score (nSPS) is 12.5. The van der Waals surface area contributed by atoms with Crippen LogP contribution < -0.4 is 14.8 Å². The summed E-state index contributed by atoms with van der Waals surface area (Å²) in [6, 6.07) is 7.69. The molecule has 0 fully saturated rings. The zero-order valence-electron chi connectivity index (χ0n) is 12.1. The molecule has 5 heteroatoms. The molecule has 0 saturated heterocycles. The Bertz CT molecular complexity index is 678. The topological polar surface area (TPSA) is 47.6 Å². The quantitative estimate of drug-likeness (QED) is 0.943. The molecule has 21 heavy (non-hydrogen) atoms. The standard InChI is InChI=1S/C16H17NO3S/c1-3-12-7-15(21-10(12)2)16(18)17-8-11-4-5-13-14(6-11)20-9-19-13/h4-7H,3,8-9H2,1-2H3,(H,17,18). The fourth-order valence-corrected chi connectivity index (χ4v) is 3.33. The van der Waals surface area contributed by atoms with Crippen molar-refractivity contribution in [3.05, 3.63) is 45.1 Å². The third kappa shape index (κ3) is 2.88. The van der Waals surface area contributed by atoms with E-state index in [1.807, 2.05) is 24.3 Å². The molecule has 4 nitrogen and oxygen atoms in total. The van der Waals surface area contributed by atoms with Gasteiger partial charge in [-0.2, -0.15) is 0 Å². The van der Waals surface area contributed by atoms with Crippen molar-refractivity contribution in [2.24, 2.45) is 0 Å². The maximum Gasteiger partial charge on any atom is 0.261 e. The van der Waals surface area contributed by atoms with Crippen molar-refractivity contribution in [1.82, 2.24) is 5.32 Å². The number of hydrogen-bond donors (Lipinski definition) is 1. The van der Waals surface area contributed by atoms with Crippen molar-refractivity contribution in [1.29, 1.82) is 0 Å². The number of rotatable bonds is 4. The minimum atomic E-state index is -0.0273. The van der Waals surface area contributed by atoms with Crippen LogP contribution in [-0.2, 0) is 13.0 Å². The first-order valence-electron chi connectivity index (χ1n) is 6.93. The Hall–Kier alpha value is -2.01. The first kappa shape index (κ1) is 13.9. The maximum atomic E-state index is 12.2. The summed E-state index contributed by atoms with van der Waals surface area (Å²) in [4.78, 5) is 14.2. The van der Waals surface area contributed by atoms with Gasteiger partial charge in [-0.15, -0.1) is 11.3 Å². The lowest BCUT2D eigenvalue weighted by atomic mass is 10.2. The van der Waals surface area contributed by atoms with E-state index in [2.05, 4.69) is 19.2 Å². The SMILES string of the molecule is CCc1cc(C(=O)NCc2ccc3c(c2)OCO3)sc1C. The summed E-state index contributed by atoms with van der Waals surface area (Å²) in [6.45, 7) is 4.90. The van der Waals surface area contributed by atoms with Crippen LogP contribution in [0.1, 0.15) is 32.6 Å². The van der Waals surface area contributed by atoms with Gasteiger partial charge in [0.2, 0.25) is 6.79 Å². The molecule has 0 unspecified atom stereocenters. The van der Waals surface area contributed by atoms with Crippen LogP contribution in [0.5, 0.6) is 11.5 Å². The third-order valence-corrected chi connectivity index (χ3v) is 4.61. The van der Waals surface area contributed by atoms with Crippen LogP contribution in [0.25, 0.3) is 0 Å². The molecule has 3 rings (SSSR count). The average molecular weight is 303 g/mol. The van der Waals surface area contributed by atoms with Crippen molar-refractivity contribution in [3.63, 3.8) is 0 Å². The van der Waals surface area contributed by atoms with Crippen LogP contribution in [0.2, 0.25) is 0 Å². The number of benzene rings is 1. The van der Waals surface area contributed by atoms with Crippen molar-refractivity contribution in [2.45, 2.75) is 26.8 Å². The molecule has 0 spiro atoms. The van der Waals surface area contributed by atoms with Crippen LogP contribution in [-0.4, -0.2) is 12.7 Å². The molecule has 0 aliphatic carbocycles. The number of carbonyl (C=O) groups excluding carboxylic acids is 1. The van der Waals surface area contributed by atoms with E-state index in [1.54, 1.807) is 11.3 Å². The van der Waals surface area contributed by atoms with Crippen molar-refractivity contribution < 1.29 is 14.3 Å². The first-order chi connectivity index (χ1) is 10.2. The molecule has 1 aliphatic heterocycles. The molecular weight excluding hydrogens is 286 g/mol. The van der Waals surface area contributed by atoms with E-state index in [0.717, 1.165) is 28.4 Å². The summed E-state index contributed by atoms with van der Waals surface area (Å²) in [5, 5.41) is 2.95. The Labute approximate surface area is 127 Å². The molecule has 1 aromatic heterocycles. The van der Waals surface area contributed by atoms with Crippen molar-refractivity contribution >= 4 is 17.2 Å². The summed E-state index contributed by atoms with van der Waals surface area (Å²) >= 11 is 1.55. The summed E-state index contributed by atoms with van der Waals surface area (Å²) in [5.41, 5.74) is 2.24. The van der Waals surface area contributed by atoms with E-state index < -0.39 is 0 Å². The number of nitrogens with one attached hydrogen (secondary N) is 1. The lowest BCUT2D eigenvalue weighted by molar-refractivity contribution is 0.0955. The number of thiophene rings is 1. The molecule has 2 aromatic rings. The van der Waals surface area contributed by atoms with E-state index in [-0.39, 0.29) is 12.7 Å². The van der Waals surface area contributed by atoms with Crippen molar-refractivity contribution in [2.75, 3.05) is 6.79 Å². The lowest BCUT2D eigenvalue weighted by Gasteiger charge is -2.05. The first-order valence-corrected chi connectivity index (χ1v) is 7.75. The highest BCUT2D eigenvalue weighted by Gasteiger charge is 2.14. The zero-order chi connectivity index (χ0) is 14.8. The van der Waals surface area contributed by atoms with Crippen LogP contribution in [0.4, 0.5) is 0 Å². The van der Waals surface area contributed by atoms with E-state index in [4.69, 9.17) is 9.47 Å². The second-order valence-electron chi connectivity index (χ2n) is 4.92. The summed E-state index contributed by atoms with van der Waals surface area (Å²) in [5.74, 6) is 1.47. The number of carbonyl (C=O) groups is 1. The molecule has 2 heterocycles. The fraction of sp³-hybridized carbons (Fsp3) is 0.312. The van der Waals surface area contributed by atoms with Gasteiger partial charge < -0.3 is 14.8 Å². The Morgan fingerprint density at radius 3 is 2.86 bits per heavy atom. The average Bonchev–Trinajstić information content (AvgIpc) is 3.10. The Balaban J connectivity index is 1.65. The second kappa shape index (κ2) is 5.77. The second-order valence-corrected chi connectivity index (χ2v) is 6.17. The number of aryl methyl sites for hydroxylation is 2. The third-order valence-electron chi connectivity index (χ3n) is 3.52. The van der Waals surface area contributed by atoms with Gasteiger partial charge in [-0.05, 0) is 42.7 Å². The number of amides is 1. The van der Waals surface area contributed by atoms with E-state index >= 15 is 0 Å². The largest absolute Gasteiger partial charge is 0.454 e. The molecular formula is C16H17NO3S. The highest BCUT2D eigenvalue weighted by molar-refractivity contribution is 7.14. The summed E-state index contributed by atoms with van der Waals surface area (Å²) in [7, 11) is 0. The predicted octanol–water partition coefficient (Wildman–Crippen LogP) is 3.28. The number of hydrogen-bond acceptors (Lipinski definition) is 4. The molecule has 0 saturated carbocycles. The van der Waals surface area contributed by atoms with E-state index in [1.165, 1.54) is 10.4 Å². The van der Waals surface area contributed by atoms with E-state index in [0.29, 0.717) is 6.54 Å². The molecule has 1 amide bonds. The Morgan fingerprint density at radius 2 is 2.10 bits per heavy atom. The van der Waals surface area contributed by atoms with Crippen molar-refractivity contribution in [3.8, 4) is 11.5 Å². The molecule has 1 aliphatic rings.